The van der Waals surface area contributed by atoms with E-state index in [0.717, 1.165) is 17.6 Å². The number of fused-ring (bicyclic) bond motifs is 1. The summed E-state index contributed by atoms with van der Waals surface area (Å²) in [5, 5.41) is 0.808. The Morgan fingerprint density at radius 2 is 1.57 bits per heavy atom. The van der Waals surface area contributed by atoms with E-state index < -0.39 is 0 Å². The lowest BCUT2D eigenvalue weighted by Crippen LogP contribution is -2.43. The zero-order valence-electron chi connectivity index (χ0n) is 13.3. The van der Waals surface area contributed by atoms with Gasteiger partial charge in [-0.2, -0.15) is 0 Å². The molecule has 2 heterocycles. The minimum Gasteiger partial charge on any atom is -0.296 e. The molecule has 2 aromatic carbocycles. The molecule has 2 aromatic rings. The van der Waals surface area contributed by atoms with Gasteiger partial charge in [0.15, 0.2) is 0 Å². The smallest absolute Gasteiger partial charge is 0.0406 e. The molecule has 0 aliphatic carbocycles. The SMILES string of the molecule is Clc1ccc(C2=C(c3ccccc3)CC3CCCCN3C2)cc1. The van der Waals surface area contributed by atoms with E-state index in [9.17, 15) is 0 Å². The summed E-state index contributed by atoms with van der Waals surface area (Å²) in [6.45, 7) is 2.31. The summed E-state index contributed by atoms with van der Waals surface area (Å²) in [5.74, 6) is 0. The van der Waals surface area contributed by atoms with Crippen LogP contribution in [0, 0.1) is 0 Å². The van der Waals surface area contributed by atoms with Gasteiger partial charge in [-0.1, -0.05) is 60.5 Å². The average Bonchev–Trinajstić information content (AvgIpc) is 2.62. The molecule has 1 fully saturated rings. The summed E-state index contributed by atoms with van der Waals surface area (Å²) in [6, 6.07) is 20.0. The van der Waals surface area contributed by atoms with Crippen LogP contribution in [0.2, 0.25) is 5.02 Å². The Kier molecular flexibility index (Phi) is 4.24. The van der Waals surface area contributed by atoms with Gasteiger partial charge in [-0.05, 0) is 60.2 Å². The molecule has 0 aromatic heterocycles. The maximum Gasteiger partial charge on any atom is 0.0406 e. The first-order valence-electron chi connectivity index (χ1n) is 8.59. The molecule has 118 valence electrons. The second-order valence-corrected chi connectivity index (χ2v) is 7.09. The van der Waals surface area contributed by atoms with E-state index in [2.05, 4.69) is 47.4 Å². The minimum atomic E-state index is 0.718. The van der Waals surface area contributed by atoms with Gasteiger partial charge in [0.1, 0.15) is 0 Å². The van der Waals surface area contributed by atoms with Crippen molar-refractivity contribution in [3.63, 3.8) is 0 Å². The molecule has 1 unspecified atom stereocenters. The average molecular weight is 324 g/mol. The third-order valence-electron chi connectivity index (χ3n) is 5.23. The molecule has 2 heteroatoms. The zero-order valence-corrected chi connectivity index (χ0v) is 14.1. The Hall–Kier alpha value is -1.57. The predicted octanol–water partition coefficient (Wildman–Crippen LogP) is 5.51. The van der Waals surface area contributed by atoms with E-state index in [1.165, 1.54) is 54.5 Å². The van der Waals surface area contributed by atoms with Crippen molar-refractivity contribution in [2.24, 2.45) is 0 Å². The van der Waals surface area contributed by atoms with Crippen LogP contribution in [-0.4, -0.2) is 24.0 Å². The maximum absolute atomic E-state index is 6.09. The molecule has 2 aliphatic rings. The maximum atomic E-state index is 6.09. The molecule has 0 N–H and O–H groups in total. The summed E-state index contributed by atoms with van der Waals surface area (Å²) in [4.78, 5) is 2.68. The number of halogens is 1. The highest BCUT2D eigenvalue weighted by molar-refractivity contribution is 6.30. The van der Waals surface area contributed by atoms with Gasteiger partial charge in [0.2, 0.25) is 0 Å². The molecule has 1 nitrogen and oxygen atoms in total. The number of benzene rings is 2. The molecule has 1 saturated heterocycles. The Bertz CT molecular complexity index is 702. The molecule has 4 rings (SSSR count). The molecular formula is C21H22ClN. The van der Waals surface area contributed by atoms with Gasteiger partial charge in [-0.15, -0.1) is 0 Å². The highest BCUT2D eigenvalue weighted by atomic mass is 35.5. The number of hydrogen-bond donors (Lipinski definition) is 0. The molecule has 0 spiro atoms. The molecule has 0 saturated carbocycles. The highest BCUT2D eigenvalue weighted by Crippen LogP contribution is 2.39. The van der Waals surface area contributed by atoms with Gasteiger partial charge >= 0.3 is 0 Å². The third kappa shape index (κ3) is 3.08. The standard InChI is InChI=1S/C21H22ClN/c22-18-11-9-17(10-12-18)21-15-23-13-5-4-8-19(23)14-20(21)16-6-2-1-3-7-16/h1-3,6-7,9-12,19H,4-5,8,13-15H2. The first kappa shape index (κ1) is 15.0. The fraction of sp³-hybridized carbons (Fsp3) is 0.333. The molecule has 1 atom stereocenters. The van der Waals surface area contributed by atoms with Crippen LogP contribution in [0.5, 0.6) is 0 Å². The van der Waals surface area contributed by atoms with Crippen LogP contribution in [0.1, 0.15) is 36.8 Å². The summed E-state index contributed by atoms with van der Waals surface area (Å²) in [5.41, 5.74) is 5.70. The summed E-state index contributed by atoms with van der Waals surface area (Å²) < 4.78 is 0. The molecule has 2 aliphatic heterocycles. The first-order chi connectivity index (χ1) is 11.3. The second kappa shape index (κ2) is 6.51. The lowest BCUT2D eigenvalue weighted by Gasteiger charge is -2.41. The molecule has 0 amide bonds. The minimum absolute atomic E-state index is 0.718. The number of piperidine rings is 1. The lowest BCUT2D eigenvalue weighted by atomic mass is 9.83. The van der Waals surface area contributed by atoms with Crippen LogP contribution in [0.15, 0.2) is 54.6 Å². The fourth-order valence-corrected chi connectivity index (χ4v) is 4.13. The van der Waals surface area contributed by atoms with Crippen LogP contribution in [0.25, 0.3) is 11.1 Å². The van der Waals surface area contributed by atoms with Crippen LogP contribution in [0.4, 0.5) is 0 Å². The summed E-state index contributed by atoms with van der Waals surface area (Å²) >= 11 is 6.09. The van der Waals surface area contributed by atoms with E-state index >= 15 is 0 Å². The first-order valence-corrected chi connectivity index (χ1v) is 8.96. The van der Waals surface area contributed by atoms with Gasteiger partial charge in [0.25, 0.3) is 0 Å². The van der Waals surface area contributed by atoms with E-state index in [0.29, 0.717) is 0 Å². The van der Waals surface area contributed by atoms with Crippen LogP contribution in [-0.2, 0) is 0 Å². The third-order valence-corrected chi connectivity index (χ3v) is 5.48. The Morgan fingerprint density at radius 3 is 2.35 bits per heavy atom. The molecule has 0 bridgehead atoms. The van der Waals surface area contributed by atoms with Crippen LogP contribution < -0.4 is 0 Å². The second-order valence-electron chi connectivity index (χ2n) is 6.65. The van der Waals surface area contributed by atoms with Crippen molar-refractivity contribution >= 4 is 22.7 Å². The molecule has 23 heavy (non-hydrogen) atoms. The van der Waals surface area contributed by atoms with Crippen LogP contribution >= 0.6 is 11.6 Å². The van der Waals surface area contributed by atoms with Gasteiger partial charge in [-0.3, -0.25) is 4.90 Å². The van der Waals surface area contributed by atoms with Crippen molar-refractivity contribution < 1.29 is 0 Å². The van der Waals surface area contributed by atoms with Crippen molar-refractivity contribution in [2.45, 2.75) is 31.7 Å². The topological polar surface area (TPSA) is 3.24 Å². The van der Waals surface area contributed by atoms with E-state index in [1.54, 1.807) is 0 Å². The monoisotopic (exact) mass is 323 g/mol. The largest absolute Gasteiger partial charge is 0.296 e. The number of hydrogen-bond acceptors (Lipinski definition) is 1. The van der Waals surface area contributed by atoms with E-state index in [-0.39, 0.29) is 0 Å². The Morgan fingerprint density at radius 1 is 0.826 bits per heavy atom. The molecule has 0 radical (unpaired) electrons. The van der Waals surface area contributed by atoms with Gasteiger partial charge in [0.05, 0.1) is 0 Å². The van der Waals surface area contributed by atoms with Crippen molar-refractivity contribution in [1.29, 1.82) is 0 Å². The zero-order chi connectivity index (χ0) is 15.6. The Labute approximate surface area is 143 Å². The van der Waals surface area contributed by atoms with Crippen molar-refractivity contribution in [3.05, 3.63) is 70.7 Å². The van der Waals surface area contributed by atoms with Crippen molar-refractivity contribution in [1.82, 2.24) is 4.90 Å². The molecular weight excluding hydrogens is 302 g/mol. The quantitative estimate of drug-likeness (QED) is 0.704. The number of nitrogens with zero attached hydrogens (tertiary/aromatic N) is 1. The fourth-order valence-electron chi connectivity index (χ4n) is 4.00. The van der Waals surface area contributed by atoms with Gasteiger partial charge in [0, 0.05) is 17.6 Å². The predicted molar refractivity (Wildman–Crippen MR) is 98.5 cm³/mol. The van der Waals surface area contributed by atoms with E-state index in [1.807, 2.05) is 12.1 Å². The normalized spacial score (nSPS) is 22.0. The van der Waals surface area contributed by atoms with Crippen LogP contribution in [0.3, 0.4) is 0 Å². The van der Waals surface area contributed by atoms with E-state index in [4.69, 9.17) is 11.6 Å². The number of rotatable bonds is 2. The Balaban J connectivity index is 1.80. The van der Waals surface area contributed by atoms with Crippen molar-refractivity contribution in [3.8, 4) is 0 Å². The van der Waals surface area contributed by atoms with Crippen molar-refractivity contribution in [2.75, 3.05) is 13.1 Å². The van der Waals surface area contributed by atoms with Gasteiger partial charge in [-0.25, -0.2) is 0 Å². The lowest BCUT2D eigenvalue weighted by molar-refractivity contribution is 0.165. The van der Waals surface area contributed by atoms with Gasteiger partial charge < -0.3 is 0 Å². The summed E-state index contributed by atoms with van der Waals surface area (Å²) in [6.07, 6.45) is 5.22. The summed E-state index contributed by atoms with van der Waals surface area (Å²) in [7, 11) is 0. The highest BCUT2D eigenvalue weighted by Gasteiger charge is 2.30.